The molecule has 3 heteroatoms. The van der Waals surface area contributed by atoms with E-state index in [0.29, 0.717) is 5.54 Å². The Morgan fingerprint density at radius 3 is 3.08 bits per heavy atom. The average Bonchev–Trinajstić information content (AvgIpc) is 2.87. The molecule has 3 nitrogen and oxygen atoms in total. The summed E-state index contributed by atoms with van der Waals surface area (Å²) in [5.74, 6) is 1.02. The summed E-state index contributed by atoms with van der Waals surface area (Å²) in [6.45, 7) is 3.11. The highest BCUT2D eigenvalue weighted by Crippen LogP contribution is 2.43. The quantitative estimate of drug-likeness (QED) is 0.631. The molecule has 1 aliphatic heterocycles. The van der Waals surface area contributed by atoms with Crippen LogP contribution in [0.1, 0.15) is 18.4 Å². The van der Waals surface area contributed by atoms with Gasteiger partial charge in [-0.3, -0.25) is 0 Å². The number of fused-ring (bicyclic) bond motifs is 1. The highest BCUT2D eigenvalue weighted by atomic mass is 15.2. The molecule has 0 aromatic carbocycles. The van der Waals surface area contributed by atoms with E-state index in [0.717, 1.165) is 18.1 Å². The van der Waals surface area contributed by atoms with E-state index in [4.69, 9.17) is 0 Å². The normalized spacial score (nSPS) is 21.6. The molecule has 0 saturated heterocycles. The van der Waals surface area contributed by atoms with Crippen LogP contribution in [0.15, 0.2) is 12.3 Å². The second-order valence-corrected chi connectivity index (χ2v) is 4.17. The van der Waals surface area contributed by atoms with Gasteiger partial charge in [-0.25, -0.2) is 4.98 Å². The average molecular weight is 175 g/mol. The number of nitrogens with one attached hydrogen (secondary N) is 2. The van der Waals surface area contributed by atoms with Gasteiger partial charge in [-0.1, -0.05) is 0 Å². The number of hydrogen-bond acceptors (Lipinski definition) is 3. The van der Waals surface area contributed by atoms with E-state index in [9.17, 15) is 0 Å². The maximum atomic E-state index is 4.38. The summed E-state index contributed by atoms with van der Waals surface area (Å²) in [6, 6.07) is 2.14. The summed E-state index contributed by atoms with van der Waals surface area (Å²) in [7, 11) is 0. The lowest BCUT2D eigenvalue weighted by Crippen LogP contribution is -2.35. The van der Waals surface area contributed by atoms with E-state index in [1.165, 1.54) is 18.4 Å². The first-order chi connectivity index (χ1) is 6.27. The third-order valence-electron chi connectivity index (χ3n) is 2.88. The van der Waals surface area contributed by atoms with Crippen LogP contribution in [0.5, 0.6) is 0 Å². The molecule has 0 bridgehead atoms. The fourth-order valence-electron chi connectivity index (χ4n) is 1.82. The third-order valence-corrected chi connectivity index (χ3v) is 2.88. The number of rotatable bonds is 0. The van der Waals surface area contributed by atoms with E-state index in [-0.39, 0.29) is 0 Å². The van der Waals surface area contributed by atoms with E-state index in [2.05, 4.69) is 28.6 Å². The number of pyridine rings is 1. The van der Waals surface area contributed by atoms with Crippen LogP contribution in [0.4, 0.5) is 11.5 Å². The van der Waals surface area contributed by atoms with Crippen molar-refractivity contribution in [3.8, 4) is 0 Å². The minimum absolute atomic E-state index is 0.343. The van der Waals surface area contributed by atoms with Crippen LogP contribution < -0.4 is 10.6 Å². The van der Waals surface area contributed by atoms with Crippen LogP contribution in [0.3, 0.4) is 0 Å². The highest BCUT2D eigenvalue weighted by molar-refractivity contribution is 5.69. The lowest BCUT2D eigenvalue weighted by atomic mass is 10.1. The van der Waals surface area contributed by atoms with Crippen molar-refractivity contribution in [2.45, 2.75) is 25.3 Å². The lowest BCUT2D eigenvalue weighted by Gasteiger charge is -2.27. The number of aryl methyl sites for hydroxylation is 1. The number of aromatic nitrogens is 1. The van der Waals surface area contributed by atoms with Gasteiger partial charge in [0.1, 0.15) is 5.82 Å². The smallest absolute Gasteiger partial charge is 0.149 e. The molecule has 1 aromatic rings. The van der Waals surface area contributed by atoms with Crippen LogP contribution in [-0.4, -0.2) is 17.1 Å². The minimum atomic E-state index is 0.343. The van der Waals surface area contributed by atoms with Crippen molar-refractivity contribution in [3.63, 3.8) is 0 Å². The van der Waals surface area contributed by atoms with Crippen LogP contribution >= 0.6 is 0 Å². The fraction of sp³-hybridized carbons (Fsp3) is 0.500. The molecule has 0 atom stereocenters. The molecule has 0 amide bonds. The minimum Gasteiger partial charge on any atom is -0.380 e. The molecule has 68 valence electrons. The largest absolute Gasteiger partial charge is 0.380 e. The molecular formula is C10H13N3. The van der Waals surface area contributed by atoms with Crippen molar-refractivity contribution in [3.05, 3.63) is 17.8 Å². The standard InChI is InChI=1S/C10H13N3/c1-7-4-8-9(11-5-7)13-10(2-3-10)6-12-8/h4-5,12H,2-3,6H2,1H3,(H,11,13). The Hall–Kier alpha value is -1.25. The zero-order chi connectivity index (χ0) is 8.89. The van der Waals surface area contributed by atoms with Crippen LogP contribution in [0, 0.1) is 6.92 Å². The van der Waals surface area contributed by atoms with Crippen molar-refractivity contribution in [1.82, 2.24) is 4.98 Å². The van der Waals surface area contributed by atoms with Crippen molar-refractivity contribution in [2.75, 3.05) is 17.2 Å². The Morgan fingerprint density at radius 2 is 2.31 bits per heavy atom. The van der Waals surface area contributed by atoms with Gasteiger partial charge in [-0.15, -0.1) is 0 Å². The van der Waals surface area contributed by atoms with E-state index in [1.807, 2.05) is 6.20 Å². The van der Waals surface area contributed by atoms with Gasteiger partial charge < -0.3 is 10.6 Å². The predicted molar refractivity (Wildman–Crippen MR) is 53.1 cm³/mol. The summed E-state index contributed by atoms with van der Waals surface area (Å²) in [5.41, 5.74) is 2.70. The molecule has 2 N–H and O–H groups in total. The van der Waals surface area contributed by atoms with Crippen molar-refractivity contribution >= 4 is 11.5 Å². The van der Waals surface area contributed by atoms with Gasteiger partial charge in [0.25, 0.3) is 0 Å². The Labute approximate surface area is 77.6 Å². The Kier molecular flexibility index (Phi) is 1.19. The van der Waals surface area contributed by atoms with Gasteiger partial charge in [-0.2, -0.15) is 0 Å². The van der Waals surface area contributed by atoms with Crippen LogP contribution in [0.25, 0.3) is 0 Å². The molecule has 1 fully saturated rings. The second kappa shape index (κ2) is 2.16. The van der Waals surface area contributed by atoms with Gasteiger partial charge in [0, 0.05) is 12.7 Å². The SMILES string of the molecule is Cc1cnc2c(c1)NCC1(CC1)N2. The molecular weight excluding hydrogens is 162 g/mol. The maximum absolute atomic E-state index is 4.38. The Morgan fingerprint density at radius 1 is 1.46 bits per heavy atom. The maximum Gasteiger partial charge on any atom is 0.149 e. The number of hydrogen-bond donors (Lipinski definition) is 2. The number of nitrogens with zero attached hydrogens (tertiary/aromatic N) is 1. The summed E-state index contributed by atoms with van der Waals surface area (Å²) in [4.78, 5) is 4.38. The summed E-state index contributed by atoms with van der Waals surface area (Å²) in [6.07, 6.45) is 4.46. The molecule has 3 rings (SSSR count). The summed E-state index contributed by atoms with van der Waals surface area (Å²) >= 11 is 0. The van der Waals surface area contributed by atoms with Crippen molar-refractivity contribution < 1.29 is 0 Å². The fourth-order valence-corrected chi connectivity index (χ4v) is 1.82. The zero-order valence-electron chi connectivity index (χ0n) is 7.72. The van der Waals surface area contributed by atoms with Crippen molar-refractivity contribution in [1.29, 1.82) is 0 Å². The first kappa shape index (κ1) is 7.18. The molecule has 2 aliphatic rings. The molecule has 1 aliphatic carbocycles. The number of anilines is 2. The topological polar surface area (TPSA) is 37.0 Å². The molecule has 1 saturated carbocycles. The molecule has 0 radical (unpaired) electrons. The van der Waals surface area contributed by atoms with E-state index in [1.54, 1.807) is 0 Å². The first-order valence-corrected chi connectivity index (χ1v) is 4.76. The van der Waals surface area contributed by atoms with Gasteiger partial charge in [0.2, 0.25) is 0 Å². The van der Waals surface area contributed by atoms with Crippen molar-refractivity contribution in [2.24, 2.45) is 0 Å². The summed E-state index contributed by atoms with van der Waals surface area (Å²) in [5, 5.41) is 6.93. The van der Waals surface area contributed by atoms with Gasteiger partial charge >= 0.3 is 0 Å². The molecule has 13 heavy (non-hydrogen) atoms. The molecule has 1 aromatic heterocycles. The first-order valence-electron chi connectivity index (χ1n) is 4.76. The van der Waals surface area contributed by atoms with Gasteiger partial charge in [0.15, 0.2) is 0 Å². The van der Waals surface area contributed by atoms with E-state index >= 15 is 0 Å². The zero-order valence-corrected chi connectivity index (χ0v) is 7.72. The summed E-state index contributed by atoms with van der Waals surface area (Å²) < 4.78 is 0. The third kappa shape index (κ3) is 1.07. The highest BCUT2D eigenvalue weighted by Gasteiger charge is 2.45. The Balaban J connectivity index is 2.00. The van der Waals surface area contributed by atoms with Gasteiger partial charge in [-0.05, 0) is 31.4 Å². The molecule has 0 unspecified atom stereocenters. The second-order valence-electron chi connectivity index (χ2n) is 4.17. The van der Waals surface area contributed by atoms with E-state index < -0.39 is 0 Å². The predicted octanol–water partition coefficient (Wildman–Crippen LogP) is 1.76. The molecule has 1 spiro atoms. The Bertz CT molecular complexity index is 355. The lowest BCUT2D eigenvalue weighted by molar-refractivity contribution is 0.746. The van der Waals surface area contributed by atoms with Crippen LogP contribution in [-0.2, 0) is 0 Å². The van der Waals surface area contributed by atoms with Gasteiger partial charge in [0.05, 0.1) is 11.2 Å². The van der Waals surface area contributed by atoms with Crippen LogP contribution in [0.2, 0.25) is 0 Å². The molecule has 2 heterocycles. The monoisotopic (exact) mass is 175 g/mol.